The molecule has 1 N–H and O–H groups in total. The molecule has 3 aromatic rings. The molecule has 0 atom stereocenters. The van der Waals surface area contributed by atoms with E-state index in [4.69, 9.17) is 26.4 Å². The number of aromatic nitrogens is 3. The summed E-state index contributed by atoms with van der Waals surface area (Å²) in [6.07, 6.45) is 2.63. The van der Waals surface area contributed by atoms with Crippen LogP contribution in [0.5, 0.6) is 17.2 Å². The molecular formula is C21H24N4O3S. The van der Waals surface area contributed by atoms with Crippen molar-refractivity contribution in [2.45, 2.75) is 20.3 Å². The molecule has 7 nitrogen and oxygen atoms in total. The predicted molar refractivity (Wildman–Crippen MR) is 116 cm³/mol. The highest BCUT2D eigenvalue weighted by Gasteiger charge is 2.13. The Morgan fingerprint density at radius 3 is 2.69 bits per heavy atom. The third kappa shape index (κ3) is 4.83. The van der Waals surface area contributed by atoms with E-state index in [1.807, 2.05) is 49.4 Å². The first-order chi connectivity index (χ1) is 14.2. The second kappa shape index (κ2) is 9.88. The highest BCUT2D eigenvalue weighted by atomic mass is 32.1. The van der Waals surface area contributed by atoms with Gasteiger partial charge < -0.3 is 14.2 Å². The van der Waals surface area contributed by atoms with Crippen molar-refractivity contribution in [3.8, 4) is 28.6 Å². The van der Waals surface area contributed by atoms with Gasteiger partial charge in [-0.15, -0.1) is 0 Å². The number of nitrogens with zero attached hydrogens (tertiary/aromatic N) is 3. The summed E-state index contributed by atoms with van der Waals surface area (Å²) in [4.78, 5) is 0. The highest BCUT2D eigenvalue weighted by Crippen LogP contribution is 2.29. The molecule has 0 aliphatic rings. The van der Waals surface area contributed by atoms with Crippen molar-refractivity contribution in [3.05, 3.63) is 52.8 Å². The SMILES string of the molecule is CCCOc1ccc(/C=N\n2c(-c3ccccc3OCC)n[nH]c2=S)cc1OC. The first kappa shape index (κ1) is 20.6. The Morgan fingerprint density at radius 2 is 1.93 bits per heavy atom. The fourth-order valence-corrected chi connectivity index (χ4v) is 2.91. The maximum Gasteiger partial charge on any atom is 0.216 e. The van der Waals surface area contributed by atoms with Crippen LogP contribution in [0.15, 0.2) is 47.6 Å². The number of para-hydroxylation sites is 1. The molecule has 0 unspecified atom stereocenters. The molecule has 1 heterocycles. The largest absolute Gasteiger partial charge is 0.493 e. The molecule has 0 fully saturated rings. The number of H-pyrrole nitrogens is 1. The molecule has 8 heteroatoms. The number of rotatable bonds is 9. The summed E-state index contributed by atoms with van der Waals surface area (Å²) in [7, 11) is 1.62. The molecule has 0 spiro atoms. The summed E-state index contributed by atoms with van der Waals surface area (Å²) in [5.41, 5.74) is 1.65. The lowest BCUT2D eigenvalue weighted by Gasteiger charge is -2.10. The third-order valence-corrected chi connectivity index (χ3v) is 4.31. The van der Waals surface area contributed by atoms with Gasteiger partial charge in [0.1, 0.15) is 5.75 Å². The van der Waals surface area contributed by atoms with Gasteiger partial charge in [0, 0.05) is 0 Å². The second-order valence-corrected chi connectivity index (χ2v) is 6.48. The van der Waals surface area contributed by atoms with Crippen LogP contribution in [-0.4, -0.2) is 41.4 Å². The molecule has 0 saturated heterocycles. The Labute approximate surface area is 174 Å². The average molecular weight is 413 g/mol. The first-order valence-corrected chi connectivity index (χ1v) is 9.83. The van der Waals surface area contributed by atoms with E-state index in [9.17, 15) is 0 Å². The number of nitrogens with one attached hydrogen (secondary N) is 1. The average Bonchev–Trinajstić information content (AvgIpc) is 3.11. The summed E-state index contributed by atoms with van der Waals surface area (Å²) >= 11 is 5.36. The number of hydrogen-bond acceptors (Lipinski definition) is 6. The maximum absolute atomic E-state index is 5.71. The third-order valence-electron chi connectivity index (χ3n) is 4.05. The Morgan fingerprint density at radius 1 is 1.10 bits per heavy atom. The summed E-state index contributed by atoms with van der Waals surface area (Å²) < 4.78 is 18.8. The summed E-state index contributed by atoms with van der Waals surface area (Å²) in [5.74, 6) is 2.66. The van der Waals surface area contributed by atoms with E-state index in [1.54, 1.807) is 18.0 Å². The Bertz CT molecular complexity index is 1040. The first-order valence-electron chi connectivity index (χ1n) is 9.42. The van der Waals surface area contributed by atoms with Crippen LogP contribution < -0.4 is 14.2 Å². The van der Waals surface area contributed by atoms with Gasteiger partial charge in [-0.25, -0.2) is 5.10 Å². The molecule has 0 aliphatic carbocycles. The van der Waals surface area contributed by atoms with Crippen molar-refractivity contribution in [3.63, 3.8) is 0 Å². The quantitative estimate of drug-likeness (QED) is 0.408. The predicted octanol–water partition coefficient (Wildman–Crippen LogP) is 4.69. The van der Waals surface area contributed by atoms with Crippen molar-refractivity contribution >= 4 is 18.4 Å². The van der Waals surface area contributed by atoms with Crippen LogP contribution in [0.25, 0.3) is 11.4 Å². The van der Waals surface area contributed by atoms with Gasteiger partial charge in [0.2, 0.25) is 4.77 Å². The topological polar surface area (TPSA) is 73.7 Å². The van der Waals surface area contributed by atoms with Crippen LogP contribution in [0.3, 0.4) is 0 Å². The van der Waals surface area contributed by atoms with Crippen LogP contribution in [0.2, 0.25) is 0 Å². The lowest BCUT2D eigenvalue weighted by molar-refractivity contribution is 0.294. The van der Waals surface area contributed by atoms with E-state index in [0.29, 0.717) is 35.3 Å². The van der Waals surface area contributed by atoms with Crippen molar-refractivity contribution in [1.82, 2.24) is 14.9 Å². The summed E-state index contributed by atoms with van der Waals surface area (Å²) in [6.45, 7) is 5.19. The van der Waals surface area contributed by atoms with Crippen LogP contribution in [-0.2, 0) is 0 Å². The fourth-order valence-electron chi connectivity index (χ4n) is 2.73. The zero-order valence-corrected chi connectivity index (χ0v) is 17.5. The molecule has 0 bridgehead atoms. The zero-order valence-electron chi connectivity index (χ0n) is 16.7. The fraction of sp³-hybridized carbons (Fsp3) is 0.286. The van der Waals surface area contributed by atoms with E-state index < -0.39 is 0 Å². The molecule has 152 valence electrons. The molecule has 0 saturated carbocycles. The maximum atomic E-state index is 5.71. The number of hydrogen-bond donors (Lipinski definition) is 1. The van der Waals surface area contributed by atoms with Crippen molar-refractivity contribution < 1.29 is 14.2 Å². The van der Waals surface area contributed by atoms with Gasteiger partial charge in [0.25, 0.3) is 0 Å². The lowest BCUT2D eigenvalue weighted by Crippen LogP contribution is -2.00. The Hall–Kier alpha value is -3.13. The molecule has 2 aromatic carbocycles. The van der Waals surface area contributed by atoms with Gasteiger partial charge >= 0.3 is 0 Å². The van der Waals surface area contributed by atoms with Crippen molar-refractivity contribution in [2.75, 3.05) is 20.3 Å². The normalized spacial score (nSPS) is 11.0. The molecule has 3 rings (SSSR count). The van der Waals surface area contributed by atoms with Crippen LogP contribution in [0.4, 0.5) is 0 Å². The number of methoxy groups -OCH3 is 1. The molecule has 29 heavy (non-hydrogen) atoms. The highest BCUT2D eigenvalue weighted by molar-refractivity contribution is 7.71. The minimum atomic E-state index is 0.386. The van der Waals surface area contributed by atoms with Gasteiger partial charge in [-0.2, -0.15) is 14.9 Å². The molecule has 0 radical (unpaired) electrons. The number of benzene rings is 2. The van der Waals surface area contributed by atoms with Crippen LogP contribution >= 0.6 is 12.2 Å². The smallest absolute Gasteiger partial charge is 0.216 e. The van der Waals surface area contributed by atoms with Crippen LogP contribution in [0, 0.1) is 4.77 Å². The van der Waals surface area contributed by atoms with E-state index in [0.717, 1.165) is 23.3 Å². The minimum absolute atomic E-state index is 0.386. The molecule has 1 aromatic heterocycles. The zero-order chi connectivity index (χ0) is 20.6. The molecule has 0 amide bonds. The van der Waals surface area contributed by atoms with Gasteiger partial charge in [0.15, 0.2) is 17.3 Å². The Kier molecular flexibility index (Phi) is 7.02. The van der Waals surface area contributed by atoms with Gasteiger partial charge in [-0.05, 0) is 61.5 Å². The van der Waals surface area contributed by atoms with Crippen molar-refractivity contribution in [2.24, 2.45) is 5.10 Å². The van der Waals surface area contributed by atoms with Gasteiger partial charge in [-0.1, -0.05) is 19.1 Å². The number of aromatic amines is 1. The van der Waals surface area contributed by atoms with E-state index in [-0.39, 0.29) is 0 Å². The Balaban J connectivity index is 1.93. The molecular weight excluding hydrogens is 388 g/mol. The lowest BCUT2D eigenvalue weighted by atomic mass is 10.2. The summed E-state index contributed by atoms with van der Waals surface area (Å²) in [6, 6.07) is 13.3. The number of ether oxygens (including phenoxy) is 3. The summed E-state index contributed by atoms with van der Waals surface area (Å²) in [5, 5.41) is 11.7. The van der Waals surface area contributed by atoms with Gasteiger partial charge in [0.05, 0.1) is 32.1 Å². The monoisotopic (exact) mass is 412 g/mol. The van der Waals surface area contributed by atoms with Gasteiger partial charge in [-0.3, -0.25) is 0 Å². The second-order valence-electron chi connectivity index (χ2n) is 6.10. The van der Waals surface area contributed by atoms with E-state index >= 15 is 0 Å². The van der Waals surface area contributed by atoms with Crippen molar-refractivity contribution in [1.29, 1.82) is 0 Å². The molecule has 0 aliphatic heterocycles. The minimum Gasteiger partial charge on any atom is -0.493 e. The van der Waals surface area contributed by atoms with E-state index in [1.165, 1.54) is 0 Å². The van der Waals surface area contributed by atoms with Crippen LogP contribution in [0.1, 0.15) is 25.8 Å². The van der Waals surface area contributed by atoms with E-state index in [2.05, 4.69) is 22.2 Å². The standard InChI is InChI=1S/C21H24N4O3S/c1-4-12-28-18-11-10-15(13-19(18)26-3)14-22-25-20(23-24-21(25)29)16-8-6-7-9-17(16)27-5-2/h6-11,13-14H,4-5,12H2,1-3H3,(H,24,29)/b22-14-.